The van der Waals surface area contributed by atoms with E-state index in [1.165, 1.54) is 16.3 Å². The van der Waals surface area contributed by atoms with E-state index in [9.17, 15) is 4.79 Å². The Morgan fingerprint density at radius 1 is 1.08 bits per heavy atom. The van der Waals surface area contributed by atoms with Crippen molar-refractivity contribution in [3.63, 3.8) is 0 Å². The van der Waals surface area contributed by atoms with Gasteiger partial charge in [0.1, 0.15) is 0 Å². The molecule has 2 nitrogen and oxygen atoms in total. The molecule has 2 aliphatic rings. The van der Waals surface area contributed by atoms with Gasteiger partial charge in [-0.2, -0.15) is 0 Å². The van der Waals surface area contributed by atoms with E-state index < -0.39 is 0 Å². The molecule has 1 aliphatic heterocycles. The highest BCUT2D eigenvalue weighted by atomic mass is 32.1. The normalized spacial score (nSPS) is 21.3. The van der Waals surface area contributed by atoms with Gasteiger partial charge >= 0.3 is 0 Å². The van der Waals surface area contributed by atoms with Crippen LogP contribution in [0.2, 0.25) is 0 Å². The number of nitrogens with one attached hydrogen (secondary N) is 1. The SMILES string of the molecule is CC1(C)CC(=O)C2=C(c3cccs3)Nc3ccc4ccccc4c3[C@@H]2C1. The van der Waals surface area contributed by atoms with Gasteiger partial charge in [0.15, 0.2) is 5.78 Å². The Morgan fingerprint density at radius 2 is 1.92 bits per heavy atom. The van der Waals surface area contributed by atoms with Crippen LogP contribution in [0.15, 0.2) is 59.5 Å². The lowest BCUT2D eigenvalue weighted by Gasteiger charge is -2.41. The first-order chi connectivity index (χ1) is 12.5. The highest BCUT2D eigenvalue weighted by Crippen LogP contribution is 2.53. The largest absolute Gasteiger partial charge is 0.354 e. The van der Waals surface area contributed by atoms with Gasteiger partial charge in [-0.15, -0.1) is 11.3 Å². The fourth-order valence-electron chi connectivity index (χ4n) is 4.61. The fraction of sp³-hybridized carbons (Fsp3) is 0.261. The quantitative estimate of drug-likeness (QED) is 0.559. The monoisotopic (exact) mass is 359 g/mol. The van der Waals surface area contributed by atoms with Crippen LogP contribution in [0.1, 0.15) is 43.0 Å². The zero-order chi connectivity index (χ0) is 17.9. The Kier molecular flexibility index (Phi) is 3.38. The zero-order valence-corrected chi connectivity index (χ0v) is 15.8. The summed E-state index contributed by atoms with van der Waals surface area (Å²) in [5.74, 6) is 0.450. The minimum absolute atomic E-state index is 0.0252. The number of anilines is 1. The molecule has 3 heteroatoms. The Morgan fingerprint density at radius 3 is 2.73 bits per heavy atom. The second-order valence-corrected chi connectivity index (χ2v) is 9.11. The van der Waals surface area contributed by atoms with Crippen LogP contribution in [0.3, 0.4) is 0 Å². The van der Waals surface area contributed by atoms with Crippen LogP contribution in [0, 0.1) is 5.41 Å². The first-order valence-corrected chi connectivity index (χ1v) is 10.0. The van der Waals surface area contributed by atoms with Crippen LogP contribution in [0.25, 0.3) is 16.5 Å². The van der Waals surface area contributed by atoms with E-state index in [1.54, 1.807) is 11.3 Å². The maximum absolute atomic E-state index is 13.2. The van der Waals surface area contributed by atoms with Crippen molar-refractivity contribution in [2.75, 3.05) is 5.32 Å². The topological polar surface area (TPSA) is 29.1 Å². The van der Waals surface area contributed by atoms with Gasteiger partial charge < -0.3 is 5.32 Å². The number of fused-ring (bicyclic) bond motifs is 5. The number of carbonyl (C=O) groups excluding carboxylic acids is 1. The van der Waals surface area contributed by atoms with Crippen LogP contribution < -0.4 is 5.32 Å². The standard InChI is InChI=1S/C23H21NOS/c1-23(2)12-16-20-15-7-4-3-6-14(15)9-10-17(20)24-22(19-8-5-11-26-19)21(16)18(25)13-23/h3-11,16,24H,12-13H2,1-2H3/t16-/m0/s1. The third-order valence-corrected chi connectivity index (χ3v) is 6.55. The number of hydrogen-bond donors (Lipinski definition) is 1. The van der Waals surface area contributed by atoms with E-state index in [-0.39, 0.29) is 11.3 Å². The average Bonchev–Trinajstić information content (AvgIpc) is 3.14. The molecule has 1 N–H and O–H groups in total. The highest BCUT2D eigenvalue weighted by molar-refractivity contribution is 7.11. The average molecular weight is 359 g/mol. The second-order valence-electron chi connectivity index (χ2n) is 8.16. The van der Waals surface area contributed by atoms with Crippen molar-refractivity contribution in [3.8, 4) is 0 Å². The molecule has 0 amide bonds. The number of rotatable bonds is 1. The van der Waals surface area contributed by atoms with Gasteiger partial charge in [0.2, 0.25) is 0 Å². The Hall–Kier alpha value is -2.39. The number of benzene rings is 2. The molecule has 0 bridgehead atoms. The van der Waals surface area contributed by atoms with E-state index in [2.05, 4.69) is 73.1 Å². The van der Waals surface area contributed by atoms with Crippen molar-refractivity contribution in [3.05, 3.63) is 69.9 Å². The van der Waals surface area contributed by atoms with Gasteiger partial charge in [0, 0.05) is 23.6 Å². The van der Waals surface area contributed by atoms with Crippen molar-refractivity contribution in [2.45, 2.75) is 32.6 Å². The predicted molar refractivity (Wildman–Crippen MR) is 110 cm³/mol. The summed E-state index contributed by atoms with van der Waals surface area (Å²) in [6.07, 6.45) is 1.63. The molecule has 5 rings (SSSR count). The van der Waals surface area contributed by atoms with Crippen LogP contribution in [-0.2, 0) is 4.79 Å². The van der Waals surface area contributed by atoms with Crippen LogP contribution in [0.4, 0.5) is 5.69 Å². The molecule has 26 heavy (non-hydrogen) atoms. The van der Waals surface area contributed by atoms with Crippen LogP contribution >= 0.6 is 11.3 Å². The number of Topliss-reactive ketones (excluding diaryl/α,β-unsaturated/α-hetero) is 1. The van der Waals surface area contributed by atoms with Crippen molar-refractivity contribution in [1.82, 2.24) is 0 Å². The molecule has 1 aliphatic carbocycles. The number of allylic oxidation sites excluding steroid dienone is 1. The molecule has 0 radical (unpaired) electrons. The molecule has 3 aromatic rings. The second kappa shape index (κ2) is 5.55. The summed E-state index contributed by atoms with van der Waals surface area (Å²) in [5.41, 5.74) is 4.46. The molecule has 0 spiro atoms. The number of hydrogen-bond acceptors (Lipinski definition) is 3. The molecule has 2 aromatic carbocycles. The van der Waals surface area contributed by atoms with Gasteiger partial charge in [-0.25, -0.2) is 0 Å². The molecule has 130 valence electrons. The molecule has 1 aromatic heterocycles. The third-order valence-electron chi connectivity index (χ3n) is 5.66. The molecule has 0 unspecified atom stereocenters. The summed E-state index contributed by atoms with van der Waals surface area (Å²) in [7, 11) is 0. The van der Waals surface area contributed by atoms with Crippen molar-refractivity contribution in [2.24, 2.45) is 5.41 Å². The van der Waals surface area contributed by atoms with Crippen molar-refractivity contribution in [1.29, 1.82) is 0 Å². The lowest BCUT2D eigenvalue weighted by molar-refractivity contribution is -0.119. The van der Waals surface area contributed by atoms with E-state index in [1.807, 2.05) is 0 Å². The molecule has 0 saturated heterocycles. The van der Waals surface area contributed by atoms with Gasteiger partial charge in [-0.05, 0) is 45.7 Å². The predicted octanol–water partition coefficient (Wildman–Crippen LogP) is 6.21. The van der Waals surface area contributed by atoms with E-state index in [0.29, 0.717) is 12.2 Å². The number of ketones is 1. The van der Waals surface area contributed by atoms with Crippen molar-refractivity contribution < 1.29 is 4.79 Å². The summed E-state index contributed by atoms with van der Waals surface area (Å²) in [6, 6.07) is 17.0. The Labute approximate surface area is 157 Å². The summed E-state index contributed by atoms with van der Waals surface area (Å²) >= 11 is 1.69. The smallest absolute Gasteiger partial charge is 0.162 e. The van der Waals surface area contributed by atoms with E-state index in [4.69, 9.17) is 0 Å². The third kappa shape index (κ3) is 2.34. The summed E-state index contributed by atoms with van der Waals surface area (Å²) in [6.45, 7) is 4.44. The maximum atomic E-state index is 13.2. The summed E-state index contributed by atoms with van der Waals surface area (Å²) < 4.78 is 0. The molecule has 2 heterocycles. The number of carbonyl (C=O) groups is 1. The lowest BCUT2D eigenvalue weighted by Crippen LogP contribution is -2.34. The van der Waals surface area contributed by atoms with Gasteiger partial charge in [0.25, 0.3) is 0 Å². The van der Waals surface area contributed by atoms with Crippen LogP contribution in [0.5, 0.6) is 0 Å². The first-order valence-electron chi connectivity index (χ1n) is 9.13. The van der Waals surface area contributed by atoms with Gasteiger partial charge in [-0.1, -0.05) is 50.2 Å². The molecule has 1 saturated carbocycles. The lowest BCUT2D eigenvalue weighted by atomic mass is 9.65. The Balaban J connectivity index is 1.81. The molecular weight excluding hydrogens is 338 g/mol. The maximum Gasteiger partial charge on any atom is 0.162 e. The van der Waals surface area contributed by atoms with Gasteiger partial charge in [-0.3, -0.25) is 4.79 Å². The number of thiophene rings is 1. The van der Waals surface area contributed by atoms with E-state index >= 15 is 0 Å². The fourth-order valence-corrected chi connectivity index (χ4v) is 5.35. The molecule has 1 fully saturated rings. The summed E-state index contributed by atoms with van der Waals surface area (Å²) in [5, 5.41) is 8.19. The highest BCUT2D eigenvalue weighted by Gasteiger charge is 2.42. The minimum Gasteiger partial charge on any atom is -0.354 e. The molecular formula is C23H21NOS. The van der Waals surface area contributed by atoms with E-state index in [0.717, 1.165) is 28.3 Å². The van der Waals surface area contributed by atoms with Crippen molar-refractivity contribution >= 4 is 39.3 Å². The molecule has 1 atom stereocenters. The summed E-state index contributed by atoms with van der Waals surface area (Å²) in [4.78, 5) is 14.4. The minimum atomic E-state index is 0.0252. The first kappa shape index (κ1) is 15.8. The van der Waals surface area contributed by atoms with Crippen LogP contribution in [-0.4, -0.2) is 5.78 Å². The van der Waals surface area contributed by atoms with Gasteiger partial charge in [0.05, 0.1) is 10.6 Å². The Bertz CT molecular complexity index is 1060. The zero-order valence-electron chi connectivity index (χ0n) is 15.0.